The molecule has 16 heavy (non-hydrogen) atoms. The number of hydrogen-bond donors (Lipinski definition) is 1. The van der Waals surface area contributed by atoms with Crippen LogP contribution in [0.4, 0.5) is 0 Å². The van der Waals surface area contributed by atoms with Gasteiger partial charge in [-0.05, 0) is 38.8 Å². The van der Waals surface area contributed by atoms with Crippen LogP contribution >= 0.6 is 0 Å². The van der Waals surface area contributed by atoms with E-state index in [9.17, 15) is 0 Å². The Hall–Kier alpha value is -0.160. The summed E-state index contributed by atoms with van der Waals surface area (Å²) in [5.74, 6) is 0. The van der Waals surface area contributed by atoms with E-state index in [1.165, 1.54) is 12.8 Å². The maximum absolute atomic E-state index is 5.82. The van der Waals surface area contributed by atoms with Crippen LogP contribution < -0.4 is 5.32 Å². The van der Waals surface area contributed by atoms with Crippen molar-refractivity contribution >= 4 is 0 Å². The van der Waals surface area contributed by atoms with Crippen LogP contribution in [0.1, 0.15) is 25.7 Å². The molecule has 1 rings (SSSR count). The Balaban J connectivity index is 1.86. The van der Waals surface area contributed by atoms with Crippen LogP contribution in [0, 0.1) is 0 Å². The third kappa shape index (κ3) is 7.17. The number of rotatable bonds is 8. The van der Waals surface area contributed by atoms with E-state index in [-0.39, 0.29) is 0 Å². The van der Waals surface area contributed by atoms with Crippen molar-refractivity contribution in [1.29, 1.82) is 0 Å². The van der Waals surface area contributed by atoms with Gasteiger partial charge in [-0.25, -0.2) is 0 Å². The molecule has 1 aliphatic rings. The summed E-state index contributed by atoms with van der Waals surface area (Å²) in [6, 6.07) is 0. The van der Waals surface area contributed by atoms with E-state index in [2.05, 4.69) is 5.32 Å². The normalized spacial score (nSPS) is 21.9. The minimum absolute atomic E-state index is 0.453. The molecule has 0 bridgehead atoms. The van der Waals surface area contributed by atoms with E-state index < -0.39 is 0 Å². The monoisotopic (exact) mass is 231 g/mol. The van der Waals surface area contributed by atoms with Gasteiger partial charge in [-0.2, -0.15) is 0 Å². The highest BCUT2D eigenvalue weighted by Crippen LogP contribution is 2.09. The minimum atomic E-state index is 0.453. The number of ether oxygens (including phenoxy) is 3. The predicted molar refractivity (Wildman–Crippen MR) is 63.8 cm³/mol. The molecule has 1 atom stereocenters. The Morgan fingerprint density at radius 3 is 2.88 bits per heavy atom. The molecule has 0 amide bonds. The molecule has 4 nitrogen and oxygen atoms in total. The predicted octanol–water partition coefficient (Wildman–Crippen LogP) is 1.20. The summed E-state index contributed by atoms with van der Waals surface area (Å²) in [5.41, 5.74) is 0. The molecule has 0 aliphatic carbocycles. The summed E-state index contributed by atoms with van der Waals surface area (Å²) in [7, 11) is 1.69. The highest BCUT2D eigenvalue weighted by molar-refractivity contribution is 4.66. The van der Waals surface area contributed by atoms with Crippen molar-refractivity contribution < 1.29 is 14.2 Å². The third-order valence-corrected chi connectivity index (χ3v) is 2.74. The molecule has 0 aromatic rings. The average molecular weight is 231 g/mol. The van der Waals surface area contributed by atoms with Gasteiger partial charge in [0.05, 0.1) is 19.3 Å². The molecule has 0 spiro atoms. The smallest absolute Gasteiger partial charge is 0.0700 e. The molecule has 0 radical (unpaired) electrons. The van der Waals surface area contributed by atoms with Crippen LogP contribution in [-0.4, -0.2) is 52.7 Å². The van der Waals surface area contributed by atoms with Crippen LogP contribution in [0.2, 0.25) is 0 Å². The Morgan fingerprint density at radius 1 is 1.06 bits per heavy atom. The first-order chi connectivity index (χ1) is 7.93. The van der Waals surface area contributed by atoms with Gasteiger partial charge in [-0.3, -0.25) is 0 Å². The minimum Gasteiger partial charge on any atom is -0.382 e. The lowest BCUT2D eigenvalue weighted by molar-refractivity contribution is 0.0191. The second-order valence-corrected chi connectivity index (χ2v) is 4.13. The highest BCUT2D eigenvalue weighted by atomic mass is 16.5. The van der Waals surface area contributed by atoms with Crippen molar-refractivity contribution in [3.63, 3.8) is 0 Å². The van der Waals surface area contributed by atoms with Crippen LogP contribution in [0.5, 0.6) is 0 Å². The molecule has 1 saturated heterocycles. The van der Waals surface area contributed by atoms with Crippen LogP contribution in [-0.2, 0) is 14.2 Å². The van der Waals surface area contributed by atoms with Crippen molar-refractivity contribution in [2.24, 2.45) is 0 Å². The summed E-state index contributed by atoms with van der Waals surface area (Å²) in [6.07, 6.45) is 5.00. The molecule has 4 heteroatoms. The lowest BCUT2D eigenvalue weighted by atomic mass is 10.1. The second kappa shape index (κ2) is 10.0. The summed E-state index contributed by atoms with van der Waals surface area (Å²) >= 11 is 0. The van der Waals surface area contributed by atoms with E-state index >= 15 is 0 Å². The lowest BCUT2D eigenvalue weighted by Gasteiger charge is -2.14. The fourth-order valence-corrected chi connectivity index (χ4v) is 1.81. The molecule has 0 saturated carbocycles. The van der Waals surface area contributed by atoms with E-state index in [0.29, 0.717) is 19.3 Å². The first-order valence-corrected chi connectivity index (χ1v) is 6.32. The Bertz CT molecular complexity index is 147. The molecule has 0 aromatic heterocycles. The maximum Gasteiger partial charge on any atom is 0.0700 e. The highest BCUT2D eigenvalue weighted by Gasteiger charge is 2.11. The zero-order valence-electron chi connectivity index (χ0n) is 10.4. The second-order valence-electron chi connectivity index (χ2n) is 4.13. The Labute approximate surface area is 98.6 Å². The molecule has 1 fully saturated rings. The van der Waals surface area contributed by atoms with Crippen molar-refractivity contribution in [3.8, 4) is 0 Å². The molecular formula is C12H25NO3. The third-order valence-electron chi connectivity index (χ3n) is 2.74. The van der Waals surface area contributed by atoms with Crippen molar-refractivity contribution in [3.05, 3.63) is 0 Å². The van der Waals surface area contributed by atoms with Crippen molar-refractivity contribution in [1.82, 2.24) is 5.32 Å². The van der Waals surface area contributed by atoms with Gasteiger partial charge < -0.3 is 19.5 Å². The topological polar surface area (TPSA) is 39.7 Å². The molecule has 96 valence electrons. The summed E-state index contributed by atoms with van der Waals surface area (Å²) in [6.45, 7) is 5.18. The number of hydrogen-bond acceptors (Lipinski definition) is 4. The van der Waals surface area contributed by atoms with E-state index in [4.69, 9.17) is 14.2 Å². The van der Waals surface area contributed by atoms with Crippen LogP contribution in [0.25, 0.3) is 0 Å². The first kappa shape index (κ1) is 13.9. The zero-order valence-corrected chi connectivity index (χ0v) is 10.4. The van der Waals surface area contributed by atoms with E-state index in [1.807, 2.05) is 0 Å². The number of methoxy groups -OCH3 is 1. The van der Waals surface area contributed by atoms with Gasteiger partial charge in [0, 0.05) is 20.3 Å². The van der Waals surface area contributed by atoms with Gasteiger partial charge in [0.15, 0.2) is 0 Å². The zero-order chi connectivity index (χ0) is 11.5. The standard InChI is InChI=1S/C12H25NO3/c1-14-10-11-15-8-3-9-16-12-4-2-6-13-7-5-12/h12-13H,2-11H2,1H3. The summed E-state index contributed by atoms with van der Waals surface area (Å²) in [5, 5.41) is 3.38. The summed E-state index contributed by atoms with van der Waals surface area (Å²) in [4.78, 5) is 0. The van der Waals surface area contributed by atoms with Gasteiger partial charge >= 0.3 is 0 Å². The fraction of sp³-hybridized carbons (Fsp3) is 1.00. The van der Waals surface area contributed by atoms with Gasteiger partial charge in [-0.1, -0.05) is 0 Å². The molecule has 1 unspecified atom stereocenters. The van der Waals surface area contributed by atoms with Gasteiger partial charge in [0.25, 0.3) is 0 Å². The fourth-order valence-electron chi connectivity index (χ4n) is 1.81. The molecule has 1 N–H and O–H groups in total. The average Bonchev–Trinajstić information content (AvgIpc) is 2.56. The summed E-state index contributed by atoms with van der Waals surface area (Å²) < 4.78 is 16.1. The molecule has 1 aliphatic heterocycles. The van der Waals surface area contributed by atoms with Gasteiger partial charge in [0.1, 0.15) is 0 Å². The van der Waals surface area contributed by atoms with E-state index in [0.717, 1.165) is 39.1 Å². The largest absolute Gasteiger partial charge is 0.382 e. The van der Waals surface area contributed by atoms with Crippen LogP contribution in [0.15, 0.2) is 0 Å². The Kier molecular flexibility index (Phi) is 8.71. The SMILES string of the molecule is COCCOCCCOC1CCCNCC1. The van der Waals surface area contributed by atoms with Crippen LogP contribution in [0.3, 0.4) is 0 Å². The van der Waals surface area contributed by atoms with Crippen molar-refractivity contribution in [2.45, 2.75) is 31.8 Å². The quantitative estimate of drug-likeness (QED) is 0.637. The molecule has 0 aromatic carbocycles. The van der Waals surface area contributed by atoms with Gasteiger partial charge in [-0.15, -0.1) is 0 Å². The van der Waals surface area contributed by atoms with Crippen molar-refractivity contribution in [2.75, 3.05) is 46.6 Å². The first-order valence-electron chi connectivity index (χ1n) is 6.32. The Morgan fingerprint density at radius 2 is 2.00 bits per heavy atom. The number of nitrogens with one attached hydrogen (secondary N) is 1. The van der Waals surface area contributed by atoms with E-state index in [1.54, 1.807) is 7.11 Å². The van der Waals surface area contributed by atoms with Gasteiger partial charge in [0.2, 0.25) is 0 Å². The lowest BCUT2D eigenvalue weighted by Crippen LogP contribution is -2.18. The molecule has 1 heterocycles. The molecular weight excluding hydrogens is 206 g/mol. The maximum atomic E-state index is 5.82.